The van der Waals surface area contributed by atoms with Crippen molar-refractivity contribution < 1.29 is 13.9 Å². The molecule has 0 radical (unpaired) electrons. The average Bonchev–Trinajstić information content (AvgIpc) is 2.41. The van der Waals surface area contributed by atoms with Crippen molar-refractivity contribution >= 4 is 33.3 Å². The van der Waals surface area contributed by atoms with E-state index in [0.717, 1.165) is 0 Å². The zero-order valence-corrected chi connectivity index (χ0v) is 12.3. The third-order valence-electron chi connectivity index (χ3n) is 2.61. The molecule has 0 aliphatic heterocycles. The van der Waals surface area contributed by atoms with Gasteiger partial charge in [0, 0.05) is 11.1 Å². The topological polar surface area (TPSA) is 26.3 Å². The first-order valence-corrected chi connectivity index (χ1v) is 6.54. The lowest BCUT2D eigenvalue weighted by Crippen LogP contribution is -2.03. The van der Waals surface area contributed by atoms with Gasteiger partial charge >= 0.3 is 0 Å². The minimum atomic E-state index is -0.480. The predicted octanol–water partition coefficient (Wildman–Crippen LogP) is 4.48. The van der Waals surface area contributed by atoms with E-state index in [9.17, 15) is 9.18 Å². The minimum Gasteiger partial charge on any atom is -0.495 e. The Morgan fingerprint density at radius 3 is 2.74 bits per heavy atom. The molecule has 0 heterocycles. The number of rotatable bonds is 3. The first kappa shape index (κ1) is 14.0. The van der Waals surface area contributed by atoms with Crippen LogP contribution in [0.3, 0.4) is 0 Å². The highest BCUT2D eigenvalue weighted by Crippen LogP contribution is 2.28. The molecular weight excluding hydrogens is 335 g/mol. The van der Waals surface area contributed by atoms with Gasteiger partial charge in [-0.2, -0.15) is 0 Å². The molecule has 0 aliphatic carbocycles. The molecule has 0 atom stereocenters. The Bertz CT molecular complexity index is 643. The Balaban J connectivity index is 2.47. The van der Waals surface area contributed by atoms with Gasteiger partial charge in [0.2, 0.25) is 0 Å². The maximum absolute atomic E-state index is 13.4. The summed E-state index contributed by atoms with van der Waals surface area (Å²) in [6.45, 7) is 0. The molecule has 98 valence electrons. The van der Waals surface area contributed by atoms with Gasteiger partial charge < -0.3 is 4.74 Å². The number of carbonyl (C=O) groups is 1. The molecule has 0 aromatic heterocycles. The van der Waals surface area contributed by atoms with Gasteiger partial charge in [0.1, 0.15) is 11.6 Å². The Hall–Kier alpha value is -1.39. The number of benzene rings is 2. The third-order valence-corrected chi connectivity index (χ3v) is 3.73. The Labute approximate surface area is 123 Å². The quantitative estimate of drug-likeness (QED) is 0.768. The van der Waals surface area contributed by atoms with Gasteiger partial charge in [-0.15, -0.1) is 0 Å². The average molecular weight is 344 g/mol. The molecule has 2 rings (SSSR count). The van der Waals surface area contributed by atoms with Gasteiger partial charge in [-0.1, -0.05) is 17.7 Å². The molecular formula is C14H9BrClFO2. The smallest absolute Gasteiger partial charge is 0.194 e. The van der Waals surface area contributed by atoms with E-state index in [2.05, 4.69) is 15.9 Å². The van der Waals surface area contributed by atoms with Gasteiger partial charge in [0.05, 0.1) is 16.6 Å². The van der Waals surface area contributed by atoms with Crippen molar-refractivity contribution in [2.24, 2.45) is 0 Å². The third kappa shape index (κ3) is 2.80. The Morgan fingerprint density at radius 2 is 2.05 bits per heavy atom. The van der Waals surface area contributed by atoms with E-state index >= 15 is 0 Å². The van der Waals surface area contributed by atoms with Crippen LogP contribution < -0.4 is 4.74 Å². The molecule has 0 spiro atoms. The second-order valence-corrected chi connectivity index (χ2v) is 4.98. The maximum atomic E-state index is 13.4. The Kier molecular flexibility index (Phi) is 4.22. The number of hydrogen-bond donors (Lipinski definition) is 0. The fourth-order valence-electron chi connectivity index (χ4n) is 1.64. The summed E-state index contributed by atoms with van der Waals surface area (Å²) in [7, 11) is 1.47. The molecule has 2 nitrogen and oxygen atoms in total. The van der Waals surface area contributed by atoms with Gasteiger partial charge in [-0.05, 0) is 46.3 Å². The van der Waals surface area contributed by atoms with Crippen LogP contribution in [0.4, 0.5) is 4.39 Å². The molecule has 0 bridgehead atoms. The predicted molar refractivity (Wildman–Crippen MR) is 75.5 cm³/mol. The molecule has 0 aliphatic rings. The highest BCUT2D eigenvalue weighted by atomic mass is 79.9. The van der Waals surface area contributed by atoms with Crippen molar-refractivity contribution in [3.05, 3.63) is 62.8 Å². The summed E-state index contributed by atoms with van der Waals surface area (Å²) in [5, 5.41) is 0.414. The summed E-state index contributed by atoms with van der Waals surface area (Å²) in [4.78, 5) is 12.3. The summed E-state index contributed by atoms with van der Waals surface area (Å²) in [6.07, 6.45) is 0. The molecule has 0 saturated heterocycles. The van der Waals surface area contributed by atoms with Gasteiger partial charge in [0.15, 0.2) is 5.78 Å². The SMILES string of the molecule is COc1cc(C(=O)c2cccc(F)c2Br)ccc1Cl. The maximum Gasteiger partial charge on any atom is 0.194 e. The molecule has 0 saturated carbocycles. The van der Waals surface area contributed by atoms with Gasteiger partial charge in [-0.3, -0.25) is 4.79 Å². The molecule has 0 amide bonds. The lowest BCUT2D eigenvalue weighted by Gasteiger charge is -2.07. The highest BCUT2D eigenvalue weighted by Gasteiger charge is 2.16. The van der Waals surface area contributed by atoms with Crippen molar-refractivity contribution in [3.8, 4) is 5.75 Å². The number of halogens is 3. The van der Waals surface area contributed by atoms with Crippen LogP contribution in [-0.4, -0.2) is 12.9 Å². The minimum absolute atomic E-state index is 0.147. The lowest BCUT2D eigenvalue weighted by molar-refractivity contribution is 0.103. The summed E-state index contributed by atoms with van der Waals surface area (Å²) >= 11 is 8.97. The summed E-state index contributed by atoms with van der Waals surface area (Å²) in [5.41, 5.74) is 0.636. The first-order chi connectivity index (χ1) is 9.04. The van der Waals surface area contributed by atoms with Crippen LogP contribution >= 0.6 is 27.5 Å². The van der Waals surface area contributed by atoms with Crippen molar-refractivity contribution in [1.29, 1.82) is 0 Å². The van der Waals surface area contributed by atoms with E-state index in [4.69, 9.17) is 16.3 Å². The van der Waals surface area contributed by atoms with Crippen LogP contribution in [0.15, 0.2) is 40.9 Å². The number of hydrogen-bond acceptors (Lipinski definition) is 2. The van der Waals surface area contributed by atoms with Crippen molar-refractivity contribution in [3.63, 3.8) is 0 Å². The van der Waals surface area contributed by atoms with E-state index in [1.165, 1.54) is 25.3 Å². The fraction of sp³-hybridized carbons (Fsp3) is 0.0714. The van der Waals surface area contributed by atoms with E-state index in [-0.39, 0.29) is 15.8 Å². The van der Waals surface area contributed by atoms with Gasteiger partial charge in [0.25, 0.3) is 0 Å². The monoisotopic (exact) mass is 342 g/mol. The summed E-state index contributed by atoms with van der Waals surface area (Å²) in [6, 6.07) is 8.99. The lowest BCUT2D eigenvalue weighted by atomic mass is 10.0. The van der Waals surface area contributed by atoms with Crippen LogP contribution in [0.2, 0.25) is 5.02 Å². The second-order valence-electron chi connectivity index (χ2n) is 3.78. The first-order valence-electron chi connectivity index (χ1n) is 5.37. The largest absolute Gasteiger partial charge is 0.495 e. The van der Waals surface area contributed by atoms with E-state index in [1.54, 1.807) is 18.2 Å². The normalized spacial score (nSPS) is 10.3. The number of carbonyl (C=O) groups excluding carboxylic acids is 1. The number of ether oxygens (including phenoxy) is 1. The van der Waals surface area contributed by atoms with E-state index < -0.39 is 5.82 Å². The number of methoxy groups -OCH3 is 1. The van der Waals surface area contributed by atoms with Crippen molar-refractivity contribution in [2.75, 3.05) is 7.11 Å². The van der Waals surface area contributed by atoms with E-state index in [0.29, 0.717) is 16.3 Å². The molecule has 2 aromatic rings. The summed E-state index contributed by atoms with van der Waals surface area (Å²) < 4.78 is 18.6. The molecule has 0 fully saturated rings. The Morgan fingerprint density at radius 1 is 1.32 bits per heavy atom. The van der Waals surface area contributed by atoms with Crippen LogP contribution in [0.1, 0.15) is 15.9 Å². The van der Waals surface area contributed by atoms with Crippen LogP contribution in [-0.2, 0) is 0 Å². The molecule has 2 aromatic carbocycles. The second kappa shape index (κ2) is 5.72. The number of ketones is 1. The van der Waals surface area contributed by atoms with Crippen molar-refractivity contribution in [1.82, 2.24) is 0 Å². The standard InChI is InChI=1S/C14H9BrClFO2/c1-19-12-7-8(5-6-10(12)16)14(18)9-3-2-4-11(17)13(9)15/h2-7H,1H3. The highest BCUT2D eigenvalue weighted by molar-refractivity contribution is 9.10. The van der Waals surface area contributed by atoms with Gasteiger partial charge in [-0.25, -0.2) is 4.39 Å². The van der Waals surface area contributed by atoms with Crippen LogP contribution in [0.25, 0.3) is 0 Å². The molecule has 0 N–H and O–H groups in total. The summed E-state index contributed by atoms with van der Waals surface area (Å²) in [5.74, 6) is -0.381. The zero-order chi connectivity index (χ0) is 14.0. The van der Waals surface area contributed by atoms with E-state index in [1.807, 2.05) is 0 Å². The van der Waals surface area contributed by atoms with Crippen LogP contribution in [0.5, 0.6) is 5.75 Å². The van der Waals surface area contributed by atoms with Crippen LogP contribution in [0, 0.1) is 5.82 Å². The fourth-order valence-corrected chi connectivity index (χ4v) is 2.27. The van der Waals surface area contributed by atoms with Crippen molar-refractivity contribution in [2.45, 2.75) is 0 Å². The molecule has 19 heavy (non-hydrogen) atoms. The molecule has 0 unspecified atom stereocenters. The zero-order valence-electron chi connectivity index (χ0n) is 9.91. The molecule has 5 heteroatoms.